The van der Waals surface area contributed by atoms with Crippen LogP contribution < -0.4 is 5.32 Å². The van der Waals surface area contributed by atoms with E-state index in [2.05, 4.69) is 5.32 Å². The molecular formula is C16H22F2N2O2. The second kappa shape index (κ2) is 7.54. The number of carbonyl (C=O) groups excluding carboxylic acids is 1. The maximum Gasteiger partial charge on any atom is 0.317 e. The Bertz CT molecular complexity index is 525. The van der Waals surface area contributed by atoms with Gasteiger partial charge in [0.15, 0.2) is 0 Å². The van der Waals surface area contributed by atoms with Crippen LogP contribution in [0.1, 0.15) is 31.2 Å². The third-order valence-corrected chi connectivity index (χ3v) is 4.12. The first kappa shape index (κ1) is 16.7. The van der Waals surface area contributed by atoms with Crippen molar-refractivity contribution in [3.8, 4) is 0 Å². The molecule has 122 valence electrons. The quantitative estimate of drug-likeness (QED) is 0.897. The smallest absolute Gasteiger partial charge is 0.317 e. The number of carbonyl (C=O) groups is 1. The van der Waals surface area contributed by atoms with Gasteiger partial charge in [0.05, 0.1) is 0 Å². The van der Waals surface area contributed by atoms with Crippen LogP contribution in [0.2, 0.25) is 0 Å². The van der Waals surface area contributed by atoms with Crippen LogP contribution in [-0.4, -0.2) is 42.3 Å². The molecule has 1 aromatic carbocycles. The van der Waals surface area contributed by atoms with Gasteiger partial charge in [-0.15, -0.1) is 0 Å². The van der Waals surface area contributed by atoms with Gasteiger partial charge in [0.25, 0.3) is 0 Å². The number of piperidine rings is 1. The van der Waals surface area contributed by atoms with Crippen LogP contribution in [-0.2, 0) is 0 Å². The van der Waals surface area contributed by atoms with Gasteiger partial charge in [0.2, 0.25) is 0 Å². The Balaban J connectivity index is 1.87. The van der Waals surface area contributed by atoms with E-state index < -0.39 is 11.6 Å². The minimum atomic E-state index is -0.610. The van der Waals surface area contributed by atoms with Crippen LogP contribution in [0.5, 0.6) is 0 Å². The second-order valence-electron chi connectivity index (χ2n) is 5.89. The van der Waals surface area contributed by atoms with Crippen LogP contribution in [0.3, 0.4) is 0 Å². The normalized spacial score (nSPS) is 19.8. The van der Waals surface area contributed by atoms with Gasteiger partial charge in [-0.1, -0.05) is 13.0 Å². The molecule has 0 saturated carbocycles. The number of rotatable bonds is 4. The summed E-state index contributed by atoms with van der Waals surface area (Å²) in [6.45, 7) is 3.36. The molecule has 0 aromatic heterocycles. The SMILES string of the molecule is C[C@H](CNC(=O)N1CCC[C@H](CO)C1)c1ccc(F)cc1F. The Morgan fingerprint density at radius 3 is 2.95 bits per heavy atom. The monoisotopic (exact) mass is 312 g/mol. The fraction of sp³-hybridized carbons (Fsp3) is 0.562. The first-order chi connectivity index (χ1) is 10.5. The number of likely N-dealkylation sites (tertiary alicyclic amines) is 1. The van der Waals surface area contributed by atoms with E-state index in [1.807, 2.05) is 0 Å². The van der Waals surface area contributed by atoms with Crippen LogP contribution in [0.15, 0.2) is 18.2 Å². The second-order valence-corrected chi connectivity index (χ2v) is 5.89. The van der Waals surface area contributed by atoms with Crippen LogP contribution in [0, 0.1) is 17.6 Å². The first-order valence-corrected chi connectivity index (χ1v) is 7.59. The summed E-state index contributed by atoms with van der Waals surface area (Å²) in [5.74, 6) is -1.32. The average molecular weight is 312 g/mol. The zero-order chi connectivity index (χ0) is 16.1. The fourth-order valence-electron chi connectivity index (χ4n) is 2.76. The van der Waals surface area contributed by atoms with E-state index >= 15 is 0 Å². The highest BCUT2D eigenvalue weighted by molar-refractivity contribution is 5.74. The number of aliphatic hydroxyl groups excluding tert-OH is 1. The predicted molar refractivity (Wildman–Crippen MR) is 79.6 cm³/mol. The van der Waals surface area contributed by atoms with Gasteiger partial charge in [-0.3, -0.25) is 0 Å². The Hall–Kier alpha value is -1.69. The topological polar surface area (TPSA) is 52.6 Å². The molecule has 1 heterocycles. The van der Waals surface area contributed by atoms with Crippen molar-refractivity contribution in [1.82, 2.24) is 10.2 Å². The fourth-order valence-corrected chi connectivity index (χ4v) is 2.76. The summed E-state index contributed by atoms with van der Waals surface area (Å²) in [5.41, 5.74) is 0.383. The molecule has 1 aliphatic rings. The summed E-state index contributed by atoms with van der Waals surface area (Å²) in [6.07, 6.45) is 1.80. The molecule has 1 fully saturated rings. The number of urea groups is 1. The summed E-state index contributed by atoms with van der Waals surface area (Å²) in [5, 5.41) is 12.0. The van der Waals surface area contributed by atoms with E-state index in [0.717, 1.165) is 18.9 Å². The summed E-state index contributed by atoms with van der Waals surface area (Å²) < 4.78 is 26.6. The minimum absolute atomic E-state index is 0.0843. The number of halogens is 2. The molecule has 2 N–H and O–H groups in total. The molecule has 0 radical (unpaired) electrons. The van der Waals surface area contributed by atoms with E-state index in [1.165, 1.54) is 12.1 Å². The maximum absolute atomic E-state index is 13.7. The summed E-state index contributed by atoms with van der Waals surface area (Å²) in [6, 6.07) is 3.27. The molecule has 0 spiro atoms. The van der Waals surface area contributed by atoms with Crippen molar-refractivity contribution in [2.75, 3.05) is 26.2 Å². The molecular weight excluding hydrogens is 290 g/mol. The van der Waals surface area contributed by atoms with Crippen molar-refractivity contribution < 1.29 is 18.7 Å². The van der Waals surface area contributed by atoms with Gasteiger partial charge < -0.3 is 15.3 Å². The molecule has 4 nitrogen and oxygen atoms in total. The first-order valence-electron chi connectivity index (χ1n) is 7.59. The highest BCUT2D eigenvalue weighted by atomic mass is 19.1. The van der Waals surface area contributed by atoms with Gasteiger partial charge in [0.1, 0.15) is 11.6 Å². The Morgan fingerprint density at radius 2 is 2.27 bits per heavy atom. The third-order valence-electron chi connectivity index (χ3n) is 4.12. The van der Waals surface area contributed by atoms with E-state index in [1.54, 1.807) is 11.8 Å². The molecule has 0 aliphatic carbocycles. The van der Waals surface area contributed by atoms with Gasteiger partial charge >= 0.3 is 6.03 Å². The van der Waals surface area contributed by atoms with Gasteiger partial charge in [-0.2, -0.15) is 0 Å². The average Bonchev–Trinajstić information content (AvgIpc) is 2.52. The number of hydrogen-bond acceptors (Lipinski definition) is 2. The predicted octanol–water partition coefficient (Wildman–Crippen LogP) is 2.48. The Labute approximate surface area is 129 Å². The Morgan fingerprint density at radius 1 is 1.50 bits per heavy atom. The molecule has 6 heteroatoms. The van der Waals surface area contributed by atoms with Crippen molar-refractivity contribution in [3.63, 3.8) is 0 Å². The highest BCUT2D eigenvalue weighted by Crippen LogP contribution is 2.20. The molecule has 2 rings (SSSR count). The van der Waals surface area contributed by atoms with E-state index in [9.17, 15) is 18.7 Å². The number of aliphatic hydroxyl groups is 1. The minimum Gasteiger partial charge on any atom is -0.396 e. The zero-order valence-corrected chi connectivity index (χ0v) is 12.7. The van der Waals surface area contributed by atoms with Gasteiger partial charge in [0, 0.05) is 38.2 Å². The van der Waals surface area contributed by atoms with Crippen molar-refractivity contribution in [2.24, 2.45) is 5.92 Å². The van der Waals surface area contributed by atoms with E-state index in [-0.39, 0.29) is 31.0 Å². The third kappa shape index (κ3) is 4.16. The van der Waals surface area contributed by atoms with E-state index in [4.69, 9.17) is 0 Å². The lowest BCUT2D eigenvalue weighted by Gasteiger charge is -2.32. The van der Waals surface area contributed by atoms with Crippen molar-refractivity contribution in [2.45, 2.75) is 25.7 Å². The molecule has 1 aliphatic heterocycles. The Kier molecular flexibility index (Phi) is 5.71. The highest BCUT2D eigenvalue weighted by Gasteiger charge is 2.23. The summed E-state index contributed by atoms with van der Waals surface area (Å²) >= 11 is 0. The van der Waals surface area contributed by atoms with Crippen LogP contribution in [0.4, 0.5) is 13.6 Å². The maximum atomic E-state index is 13.7. The number of hydrogen-bond donors (Lipinski definition) is 2. The number of amides is 2. The van der Waals surface area contributed by atoms with Crippen molar-refractivity contribution in [3.05, 3.63) is 35.4 Å². The van der Waals surface area contributed by atoms with Gasteiger partial charge in [-0.05, 0) is 30.4 Å². The van der Waals surface area contributed by atoms with Gasteiger partial charge in [-0.25, -0.2) is 13.6 Å². The van der Waals surface area contributed by atoms with Crippen LogP contribution in [0.25, 0.3) is 0 Å². The van der Waals surface area contributed by atoms with E-state index in [0.29, 0.717) is 18.7 Å². The molecule has 0 bridgehead atoms. The zero-order valence-electron chi connectivity index (χ0n) is 12.7. The van der Waals surface area contributed by atoms with Crippen molar-refractivity contribution in [1.29, 1.82) is 0 Å². The molecule has 1 aromatic rings. The number of nitrogens with one attached hydrogen (secondary N) is 1. The van der Waals surface area contributed by atoms with Crippen LogP contribution >= 0.6 is 0 Å². The number of nitrogens with zero attached hydrogens (tertiary/aromatic N) is 1. The lowest BCUT2D eigenvalue weighted by molar-refractivity contribution is 0.129. The van der Waals surface area contributed by atoms with Crippen molar-refractivity contribution >= 4 is 6.03 Å². The lowest BCUT2D eigenvalue weighted by Crippen LogP contribution is -2.46. The summed E-state index contributed by atoms with van der Waals surface area (Å²) in [7, 11) is 0. The molecule has 1 saturated heterocycles. The molecule has 2 atom stereocenters. The molecule has 22 heavy (non-hydrogen) atoms. The summed E-state index contributed by atoms with van der Waals surface area (Å²) in [4.78, 5) is 13.8. The standard InChI is InChI=1S/C16H22F2N2O2/c1-11(14-5-4-13(17)7-15(14)18)8-19-16(22)20-6-2-3-12(9-20)10-21/h4-5,7,11-12,21H,2-3,6,8-10H2,1H3,(H,19,22)/t11-,12+/m1/s1. The molecule has 0 unspecified atom stereocenters. The largest absolute Gasteiger partial charge is 0.396 e. The number of benzene rings is 1. The lowest BCUT2D eigenvalue weighted by atomic mass is 9.99. The molecule has 2 amide bonds.